The molecule has 3 rings (SSSR count). The molecular weight excluding hydrogens is 334 g/mol. The number of esters is 1. The Bertz CT molecular complexity index is 846. The average molecular weight is 355 g/mol. The second-order valence-electron chi connectivity index (χ2n) is 6.14. The van der Waals surface area contributed by atoms with Gasteiger partial charge in [-0.3, -0.25) is 4.79 Å². The number of benzene rings is 2. The lowest BCUT2D eigenvalue weighted by Gasteiger charge is -2.19. The molecule has 6 nitrogen and oxygen atoms in total. The molecule has 0 spiro atoms. The molecule has 0 unspecified atom stereocenters. The Kier molecular flexibility index (Phi) is 5.11. The Labute approximate surface area is 152 Å². The highest BCUT2D eigenvalue weighted by atomic mass is 16.6. The maximum Gasteiger partial charge on any atom is 0.339 e. The van der Waals surface area contributed by atoms with E-state index < -0.39 is 18.0 Å². The van der Waals surface area contributed by atoms with Crippen LogP contribution in [0.1, 0.15) is 28.4 Å². The van der Waals surface area contributed by atoms with Crippen molar-refractivity contribution in [3.63, 3.8) is 0 Å². The SMILES string of the molecule is Cc1cccc(C(=O)O[C@H](C)C(=O)Nc2ccc3c(c2)OCCO3)c1C. The summed E-state index contributed by atoms with van der Waals surface area (Å²) in [6.07, 6.45) is -0.935. The van der Waals surface area contributed by atoms with Crippen LogP contribution in [-0.2, 0) is 9.53 Å². The molecule has 0 aliphatic carbocycles. The minimum Gasteiger partial charge on any atom is -0.486 e. The largest absolute Gasteiger partial charge is 0.486 e. The fraction of sp³-hybridized carbons (Fsp3) is 0.300. The van der Waals surface area contributed by atoms with Gasteiger partial charge in [0, 0.05) is 11.8 Å². The van der Waals surface area contributed by atoms with E-state index in [9.17, 15) is 9.59 Å². The summed E-state index contributed by atoms with van der Waals surface area (Å²) in [5, 5.41) is 2.72. The van der Waals surface area contributed by atoms with Crippen LogP contribution >= 0.6 is 0 Å². The van der Waals surface area contributed by atoms with E-state index in [0.717, 1.165) is 11.1 Å². The number of carbonyl (C=O) groups excluding carboxylic acids is 2. The van der Waals surface area contributed by atoms with Gasteiger partial charge < -0.3 is 19.5 Å². The van der Waals surface area contributed by atoms with Crippen molar-refractivity contribution in [2.75, 3.05) is 18.5 Å². The summed E-state index contributed by atoms with van der Waals surface area (Å²) in [5.41, 5.74) is 2.85. The molecule has 0 fully saturated rings. The molecule has 26 heavy (non-hydrogen) atoms. The maximum atomic E-state index is 12.3. The van der Waals surface area contributed by atoms with Crippen molar-refractivity contribution in [1.82, 2.24) is 0 Å². The smallest absolute Gasteiger partial charge is 0.339 e. The second-order valence-corrected chi connectivity index (χ2v) is 6.14. The van der Waals surface area contributed by atoms with Crippen LogP contribution < -0.4 is 14.8 Å². The first kappa shape index (κ1) is 17.8. The highest BCUT2D eigenvalue weighted by Gasteiger charge is 2.21. The van der Waals surface area contributed by atoms with E-state index in [0.29, 0.717) is 36.0 Å². The zero-order valence-electron chi connectivity index (χ0n) is 15.0. The summed E-state index contributed by atoms with van der Waals surface area (Å²) >= 11 is 0. The first-order valence-corrected chi connectivity index (χ1v) is 8.43. The molecule has 1 heterocycles. The Morgan fingerprint density at radius 1 is 1.08 bits per heavy atom. The number of hydrogen-bond acceptors (Lipinski definition) is 5. The number of anilines is 1. The lowest BCUT2D eigenvalue weighted by atomic mass is 10.0. The Morgan fingerprint density at radius 2 is 1.81 bits per heavy atom. The third-order valence-electron chi connectivity index (χ3n) is 4.29. The van der Waals surface area contributed by atoms with Gasteiger partial charge in [0.15, 0.2) is 17.6 Å². The van der Waals surface area contributed by atoms with Crippen molar-refractivity contribution in [2.24, 2.45) is 0 Å². The fourth-order valence-corrected chi connectivity index (χ4v) is 2.61. The van der Waals surface area contributed by atoms with Crippen LogP contribution in [0.4, 0.5) is 5.69 Å². The molecule has 0 bridgehead atoms. The molecule has 1 N–H and O–H groups in total. The molecular formula is C20H21NO5. The molecule has 0 saturated carbocycles. The van der Waals surface area contributed by atoms with Gasteiger partial charge in [-0.05, 0) is 50.1 Å². The summed E-state index contributed by atoms with van der Waals surface area (Å²) in [6.45, 7) is 6.28. The van der Waals surface area contributed by atoms with Gasteiger partial charge in [0.25, 0.3) is 5.91 Å². The topological polar surface area (TPSA) is 73.9 Å². The van der Waals surface area contributed by atoms with Gasteiger partial charge in [-0.25, -0.2) is 4.79 Å². The summed E-state index contributed by atoms with van der Waals surface area (Å²) in [7, 11) is 0. The number of amides is 1. The van der Waals surface area contributed by atoms with Gasteiger partial charge in [0.05, 0.1) is 5.56 Å². The van der Waals surface area contributed by atoms with Gasteiger partial charge in [-0.15, -0.1) is 0 Å². The van der Waals surface area contributed by atoms with E-state index in [1.807, 2.05) is 19.9 Å². The van der Waals surface area contributed by atoms with E-state index in [1.165, 1.54) is 6.92 Å². The number of hydrogen-bond donors (Lipinski definition) is 1. The number of fused-ring (bicyclic) bond motifs is 1. The lowest BCUT2D eigenvalue weighted by molar-refractivity contribution is -0.123. The zero-order chi connectivity index (χ0) is 18.7. The van der Waals surface area contributed by atoms with Crippen LogP contribution in [0.5, 0.6) is 11.5 Å². The van der Waals surface area contributed by atoms with Gasteiger partial charge in [0.2, 0.25) is 0 Å². The summed E-state index contributed by atoms with van der Waals surface area (Å²) in [5.74, 6) is 0.286. The van der Waals surface area contributed by atoms with Crippen molar-refractivity contribution >= 4 is 17.6 Å². The van der Waals surface area contributed by atoms with Gasteiger partial charge in [-0.2, -0.15) is 0 Å². The molecule has 2 aromatic rings. The highest BCUT2D eigenvalue weighted by Crippen LogP contribution is 2.32. The average Bonchev–Trinajstić information content (AvgIpc) is 2.63. The number of ether oxygens (including phenoxy) is 3. The van der Waals surface area contributed by atoms with E-state index >= 15 is 0 Å². The van der Waals surface area contributed by atoms with Crippen molar-refractivity contribution in [1.29, 1.82) is 0 Å². The molecule has 1 aliphatic rings. The number of aryl methyl sites for hydroxylation is 1. The quantitative estimate of drug-likeness (QED) is 0.852. The van der Waals surface area contributed by atoms with Gasteiger partial charge in [0.1, 0.15) is 13.2 Å². The predicted octanol–water partition coefficient (Wildman–Crippen LogP) is 3.26. The van der Waals surface area contributed by atoms with Crippen LogP contribution in [0, 0.1) is 13.8 Å². The highest BCUT2D eigenvalue weighted by molar-refractivity contribution is 5.98. The molecule has 0 radical (unpaired) electrons. The Balaban J connectivity index is 1.64. The standard InChI is InChI=1S/C20H21NO5/c1-12-5-4-6-16(13(12)2)20(23)26-14(3)19(22)21-15-7-8-17-18(11-15)25-10-9-24-17/h4-8,11,14H,9-10H2,1-3H3,(H,21,22)/t14-/m1/s1. The number of rotatable bonds is 4. The van der Waals surface area contributed by atoms with Crippen molar-refractivity contribution in [3.8, 4) is 11.5 Å². The van der Waals surface area contributed by atoms with E-state index in [4.69, 9.17) is 14.2 Å². The van der Waals surface area contributed by atoms with E-state index in [-0.39, 0.29) is 0 Å². The Morgan fingerprint density at radius 3 is 2.58 bits per heavy atom. The number of carbonyl (C=O) groups is 2. The second kappa shape index (κ2) is 7.47. The monoisotopic (exact) mass is 355 g/mol. The molecule has 1 aliphatic heterocycles. The van der Waals surface area contributed by atoms with Crippen LogP contribution in [0.15, 0.2) is 36.4 Å². The molecule has 6 heteroatoms. The Hall–Kier alpha value is -3.02. The molecule has 136 valence electrons. The predicted molar refractivity (Wildman–Crippen MR) is 96.9 cm³/mol. The third kappa shape index (κ3) is 3.79. The van der Waals surface area contributed by atoms with Crippen molar-refractivity contribution in [2.45, 2.75) is 26.9 Å². The molecule has 1 amide bonds. The van der Waals surface area contributed by atoms with Crippen LogP contribution in [-0.4, -0.2) is 31.2 Å². The van der Waals surface area contributed by atoms with Gasteiger partial charge in [-0.1, -0.05) is 12.1 Å². The van der Waals surface area contributed by atoms with Crippen LogP contribution in [0.25, 0.3) is 0 Å². The van der Waals surface area contributed by atoms with E-state index in [1.54, 1.807) is 30.3 Å². The minimum absolute atomic E-state index is 0.416. The first-order chi connectivity index (χ1) is 12.5. The van der Waals surface area contributed by atoms with Crippen molar-refractivity contribution in [3.05, 3.63) is 53.1 Å². The maximum absolute atomic E-state index is 12.3. The summed E-state index contributed by atoms with van der Waals surface area (Å²) in [6, 6.07) is 10.5. The minimum atomic E-state index is -0.935. The number of nitrogens with one attached hydrogen (secondary N) is 1. The molecule has 1 atom stereocenters. The summed E-state index contributed by atoms with van der Waals surface area (Å²) in [4.78, 5) is 24.7. The van der Waals surface area contributed by atoms with Gasteiger partial charge >= 0.3 is 5.97 Å². The van der Waals surface area contributed by atoms with Crippen LogP contribution in [0.2, 0.25) is 0 Å². The zero-order valence-corrected chi connectivity index (χ0v) is 15.0. The van der Waals surface area contributed by atoms with Crippen molar-refractivity contribution < 1.29 is 23.8 Å². The van der Waals surface area contributed by atoms with Crippen LogP contribution in [0.3, 0.4) is 0 Å². The fourth-order valence-electron chi connectivity index (χ4n) is 2.61. The lowest BCUT2D eigenvalue weighted by Crippen LogP contribution is -2.30. The van der Waals surface area contributed by atoms with E-state index in [2.05, 4.69) is 5.32 Å². The molecule has 0 aromatic heterocycles. The first-order valence-electron chi connectivity index (χ1n) is 8.43. The molecule has 2 aromatic carbocycles. The summed E-state index contributed by atoms with van der Waals surface area (Å²) < 4.78 is 16.2. The third-order valence-corrected chi connectivity index (χ3v) is 4.29. The normalized spacial score (nSPS) is 13.7. The molecule has 0 saturated heterocycles.